The summed E-state index contributed by atoms with van der Waals surface area (Å²) in [4.78, 5) is 16.4. The largest absolute Gasteiger partial charge is 0.351 e. The molecule has 0 aliphatic carbocycles. The van der Waals surface area contributed by atoms with E-state index in [9.17, 15) is 4.79 Å². The first-order chi connectivity index (χ1) is 9.28. The van der Waals surface area contributed by atoms with Crippen LogP contribution >= 0.6 is 24.0 Å². The van der Waals surface area contributed by atoms with E-state index in [1.54, 1.807) is 0 Å². The molecule has 6 heteroatoms. The summed E-state index contributed by atoms with van der Waals surface area (Å²) in [7, 11) is 0. The van der Waals surface area contributed by atoms with Crippen molar-refractivity contribution in [3.63, 3.8) is 0 Å². The Labute approximate surface area is 128 Å². The van der Waals surface area contributed by atoms with Crippen LogP contribution < -0.4 is 10.6 Å². The quantitative estimate of drug-likeness (QED) is 0.749. The van der Waals surface area contributed by atoms with Crippen molar-refractivity contribution in [2.45, 2.75) is 36.0 Å². The lowest BCUT2D eigenvalue weighted by atomic mass is 9.86. The van der Waals surface area contributed by atoms with Crippen LogP contribution in [-0.2, 0) is 0 Å². The monoisotopic (exact) mass is 307 g/mol. The highest BCUT2D eigenvalue weighted by atomic mass is 32.2. The Balaban J connectivity index is 2.21. The molecule has 0 spiro atoms. The molecule has 1 saturated heterocycles. The fourth-order valence-electron chi connectivity index (χ4n) is 2.89. The molecule has 1 aromatic rings. The molecule has 0 saturated carbocycles. The Hall–Kier alpha value is -1.27. The van der Waals surface area contributed by atoms with Crippen molar-refractivity contribution in [2.75, 3.05) is 11.4 Å². The first-order valence-electron chi connectivity index (χ1n) is 6.47. The van der Waals surface area contributed by atoms with Crippen molar-refractivity contribution in [3.05, 3.63) is 24.3 Å². The molecule has 0 radical (unpaired) electrons. The normalized spacial score (nSPS) is 27.2. The summed E-state index contributed by atoms with van der Waals surface area (Å²) >= 11 is 7.33. The average Bonchev–Trinajstić information content (AvgIpc) is 2.64. The van der Waals surface area contributed by atoms with Crippen LogP contribution in [0.4, 0.5) is 10.5 Å². The molecule has 1 unspecified atom stereocenters. The number of fused-ring (bicyclic) bond motifs is 3. The molecule has 2 amide bonds. The summed E-state index contributed by atoms with van der Waals surface area (Å²) in [6, 6.07) is 7.68. The molecule has 2 heterocycles. The number of anilines is 1. The van der Waals surface area contributed by atoms with E-state index in [0.717, 1.165) is 5.69 Å². The fraction of sp³-hybridized carbons (Fsp3) is 0.429. The number of carbonyl (C=O) groups is 1. The lowest BCUT2D eigenvalue weighted by molar-refractivity contribution is 0.226. The van der Waals surface area contributed by atoms with E-state index < -0.39 is 6.03 Å². The smallest absolute Gasteiger partial charge is 0.321 e. The van der Waals surface area contributed by atoms with Gasteiger partial charge in [-0.3, -0.25) is 4.90 Å². The van der Waals surface area contributed by atoms with Gasteiger partial charge >= 0.3 is 6.03 Å². The van der Waals surface area contributed by atoms with Gasteiger partial charge in [0.25, 0.3) is 0 Å². The Morgan fingerprint density at radius 3 is 2.65 bits per heavy atom. The van der Waals surface area contributed by atoms with Crippen LogP contribution in [0.5, 0.6) is 0 Å². The highest BCUT2D eigenvalue weighted by molar-refractivity contribution is 8.01. The van der Waals surface area contributed by atoms with Crippen molar-refractivity contribution >= 4 is 40.8 Å². The van der Waals surface area contributed by atoms with Gasteiger partial charge in [-0.05, 0) is 45.1 Å². The van der Waals surface area contributed by atoms with Crippen molar-refractivity contribution in [2.24, 2.45) is 5.73 Å². The van der Waals surface area contributed by atoms with Gasteiger partial charge < -0.3 is 10.6 Å². The van der Waals surface area contributed by atoms with E-state index in [-0.39, 0.29) is 10.3 Å². The van der Waals surface area contributed by atoms with Crippen molar-refractivity contribution in [3.8, 4) is 0 Å². The number of nitrogens with two attached hydrogens (primary N) is 1. The molecule has 1 aromatic carbocycles. The number of thiocarbonyl (C=S) groups is 1. The van der Waals surface area contributed by atoms with Crippen LogP contribution in [0.2, 0.25) is 0 Å². The SMILES string of the molecule is CC1(C)Sc2ccccc2N2C(=S)N(C(N)=O)CC21C. The molecule has 0 bridgehead atoms. The molecule has 106 valence electrons. The van der Waals surface area contributed by atoms with E-state index >= 15 is 0 Å². The van der Waals surface area contributed by atoms with Crippen LogP contribution in [-0.4, -0.2) is 32.9 Å². The highest BCUT2D eigenvalue weighted by Crippen LogP contribution is 2.55. The van der Waals surface area contributed by atoms with E-state index in [1.807, 2.05) is 30.0 Å². The van der Waals surface area contributed by atoms with Gasteiger partial charge in [0.05, 0.1) is 17.8 Å². The van der Waals surface area contributed by atoms with E-state index in [2.05, 4.69) is 31.7 Å². The third-order valence-corrected chi connectivity index (χ3v) is 6.33. The summed E-state index contributed by atoms with van der Waals surface area (Å²) in [5.74, 6) is 0. The molecule has 1 fully saturated rings. The minimum absolute atomic E-state index is 0.0877. The summed E-state index contributed by atoms with van der Waals surface area (Å²) in [6.07, 6.45) is 0. The third kappa shape index (κ3) is 1.61. The molecule has 20 heavy (non-hydrogen) atoms. The standard InChI is InChI=1S/C14H17N3OS2/c1-13(2)14(3)8-16(11(15)18)12(19)17(14)9-6-4-5-7-10(9)20-13/h4-7H,8H2,1-3H3,(H2,15,18). The van der Waals surface area contributed by atoms with Crippen LogP contribution in [0.3, 0.4) is 0 Å². The molecule has 2 N–H and O–H groups in total. The summed E-state index contributed by atoms with van der Waals surface area (Å²) in [6.45, 7) is 7.04. The number of benzene rings is 1. The van der Waals surface area contributed by atoms with Crippen LogP contribution in [0.1, 0.15) is 20.8 Å². The number of rotatable bonds is 0. The number of para-hydroxylation sites is 1. The van der Waals surface area contributed by atoms with Gasteiger partial charge in [0.2, 0.25) is 0 Å². The van der Waals surface area contributed by atoms with E-state index in [1.165, 1.54) is 9.80 Å². The Bertz CT molecular complexity index is 616. The van der Waals surface area contributed by atoms with Crippen LogP contribution in [0.15, 0.2) is 29.2 Å². The number of primary amides is 1. The van der Waals surface area contributed by atoms with Gasteiger partial charge in [-0.15, -0.1) is 11.8 Å². The van der Waals surface area contributed by atoms with Crippen LogP contribution in [0.25, 0.3) is 0 Å². The molecular weight excluding hydrogens is 290 g/mol. The zero-order valence-corrected chi connectivity index (χ0v) is 13.3. The zero-order valence-electron chi connectivity index (χ0n) is 11.7. The molecule has 2 aliphatic heterocycles. The fourth-order valence-corrected chi connectivity index (χ4v) is 4.68. The molecular formula is C14H17N3OS2. The van der Waals surface area contributed by atoms with Crippen molar-refractivity contribution < 1.29 is 4.79 Å². The summed E-state index contributed by atoms with van der Waals surface area (Å²) in [5.41, 5.74) is 6.27. The number of urea groups is 1. The minimum atomic E-state index is -0.482. The molecule has 3 rings (SSSR count). The topological polar surface area (TPSA) is 49.6 Å². The van der Waals surface area contributed by atoms with Gasteiger partial charge in [0.1, 0.15) is 0 Å². The molecule has 0 aromatic heterocycles. The Morgan fingerprint density at radius 2 is 2.00 bits per heavy atom. The number of thioether (sulfide) groups is 1. The van der Waals surface area contributed by atoms with E-state index in [0.29, 0.717) is 11.7 Å². The number of hydrogen-bond acceptors (Lipinski definition) is 3. The Morgan fingerprint density at radius 1 is 1.35 bits per heavy atom. The molecule has 1 atom stereocenters. The number of nitrogens with zero attached hydrogens (tertiary/aromatic N) is 2. The number of hydrogen-bond donors (Lipinski definition) is 1. The second kappa shape index (κ2) is 4.11. The molecule has 4 nitrogen and oxygen atoms in total. The van der Waals surface area contributed by atoms with Gasteiger partial charge in [0, 0.05) is 9.64 Å². The lowest BCUT2D eigenvalue weighted by Crippen LogP contribution is -2.59. The lowest BCUT2D eigenvalue weighted by Gasteiger charge is -2.50. The summed E-state index contributed by atoms with van der Waals surface area (Å²) < 4.78 is -0.0877. The number of amides is 2. The van der Waals surface area contributed by atoms with Gasteiger partial charge in [-0.2, -0.15) is 0 Å². The summed E-state index contributed by atoms with van der Waals surface area (Å²) in [5, 5.41) is 0.501. The minimum Gasteiger partial charge on any atom is -0.351 e. The zero-order chi connectivity index (χ0) is 14.7. The Kier molecular flexibility index (Phi) is 2.82. The number of carbonyl (C=O) groups excluding carboxylic acids is 1. The highest BCUT2D eigenvalue weighted by Gasteiger charge is 2.58. The van der Waals surface area contributed by atoms with Crippen LogP contribution in [0, 0.1) is 0 Å². The first kappa shape index (κ1) is 13.7. The van der Waals surface area contributed by atoms with Crippen molar-refractivity contribution in [1.82, 2.24) is 4.90 Å². The predicted octanol–water partition coefficient (Wildman–Crippen LogP) is 2.82. The average molecular weight is 307 g/mol. The second-order valence-electron chi connectivity index (χ2n) is 5.90. The van der Waals surface area contributed by atoms with Gasteiger partial charge in [-0.25, -0.2) is 4.79 Å². The molecule has 2 aliphatic rings. The van der Waals surface area contributed by atoms with Gasteiger partial charge in [-0.1, -0.05) is 12.1 Å². The maximum absolute atomic E-state index is 11.6. The van der Waals surface area contributed by atoms with Crippen molar-refractivity contribution in [1.29, 1.82) is 0 Å². The predicted molar refractivity (Wildman–Crippen MR) is 86.1 cm³/mol. The first-order valence-corrected chi connectivity index (χ1v) is 7.70. The maximum atomic E-state index is 11.6. The van der Waals surface area contributed by atoms with Gasteiger partial charge in [0.15, 0.2) is 5.11 Å². The second-order valence-corrected chi connectivity index (χ2v) is 7.93. The third-order valence-electron chi connectivity index (χ3n) is 4.42. The van der Waals surface area contributed by atoms with E-state index in [4.69, 9.17) is 18.0 Å². The maximum Gasteiger partial charge on any atom is 0.321 e.